The molecule has 0 saturated carbocycles. The molecule has 0 radical (unpaired) electrons. The van der Waals surface area contributed by atoms with Crippen LogP contribution in [-0.2, 0) is 18.9 Å². The van der Waals surface area contributed by atoms with Crippen molar-refractivity contribution in [1.29, 1.82) is 0 Å². The molecular formula is C20H19Cl2N3OS. The summed E-state index contributed by atoms with van der Waals surface area (Å²) >= 11 is 13.8. The van der Waals surface area contributed by atoms with E-state index in [2.05, 4.69) is 16.8 Å². The minimum absolute atomic E-state index is 0.340. The van der Waals surface area contributed by atoms with Crippen LogP contribution in [0.25, 0.3) is 0 Å². The Balaban J connectivity index is 1.71. The summed E-state index contributed by atoms with van der Waals surface area (Å²) in [4.78, 5) is 0. The number of nitrogens with zero attached hydrogens (tertiary/aromatic N) is 3. The zero-order chi connectivity index (χ0) is 19.2. The molecule has 0 unspecified atom stereocenters. The highest BCUT2D eigenvalue weighted by atomic mass is 35.5. The van der Waals surface area contributed by atoms with Crippen LogP contribution < -0.4 is 4.74 Å². The van der Waals surface area contributed by atoms with Gasteiger partial charge >= 0.3 is 0 Å². The third-order valence-corrected chi connectivity index (χ3v) is 5.44. The summed E-state index contributed by atoms with van der Waals surface area (Å²) in [6.45, 7) is 6.81. The Morgan fingerprint density at radius 2 is 2.04 bits per heavy atom. The SMILES string of the molecule is C=CCn1c(COc2cccc(C)c2)nnc1SCc1ccc(Cl)cc1Cl. The minimum atomic E-state index is 0.340. The molecule has 0 saturated heterocycles. The van der Waals surface area contributed by atoms with Crippen molar-refractivity contribution >= 4 is 35.0 Å². The van der Waals surface area contributed by atoms with Crippen molar-refractivity contribution in [3.8, 4) is 5.75 Å². The van der Waals surface area contributed by atoms with Gasteiger partial charge < -0.3 is 4.74 Å². The van der Waals surface area contributed by atoms with Gasteiger partial charge in [0.15, 0.2) is 11.0 Å². The average molecular weight is 420 g/mol. The third-order valence-electron chi connectivity index (χ3n) is 3.83. The van der Waals surface area contributed by atoms with Crippen LogP contribution in [0.15, 0.2) is 60.3 Å². The molecule has 0 aliphatic carbocycles. The van der Waals surface area contributed by atoms with Crippen LogP contribution in [0.2, 0.25) is 10.0 Å². The Morgan fingerprint density at radius 3 is 2.78 bits per heavy atom. The lowest BCUT2D eigenvalue weighted by molar-refractivity contribution is 0.289. The Labute approximate surface area is 173 Å². The second-order valence-electron chi connectivity index (χ2n) is 5.93. The van der Waals surface area contributed by atoms with E-state index in [9.17, 15) is 0 Å². The van der Waals surface area contributed by atoms with Crippen molar-refractivity contribution in [3.63, 3.8) is 0 Å². The number of halogens is 2. The number of ether oxygens (including phenoxy) is 1. The van der Waals surface area contributed by atoms with E-state index in [-0.39, 0.29) is 0 Å². The summed E-state index contributed by atoms with van der Waals surface area (Å²) in [5, 5.41) is 10.7. The summed E-state index contributed by atoms with van der Waals surface area (Å²) in [5.41, 5.74) is 2.15. The van der Waals surface area contributed by atoms with Gasteiger partial charge in [0, 0.05) is 22.3 Å². The van der Waals surface area contributed by atoms with Gasteiger partial charge in [-0.05, 0) is 42.3 Å². The number of allylic oxidation sites excluding steroid dienone is 1. The molecule has 27 heavy (non-hydrogen) atoms. The first kappa shape index (κ1) is 19.8. The van der Waals surface area contributed by atoms with Crippen LogP contribution in [0.3, 0.4) is 0 Å². The second kappa shape index (κ2) is 9.31. The van der Waals surface area contributed by atoms with Gasteiger partial charge in [-0.3, -0.25) is 4.57 Å². The molecule has 0 aliphatic heterocycles. The summed E-state index contributed by atoms with van der Waals surface area (Å²) in [5.74, 6) is 2.23. The number of hydrogen-bond acceptors (Lipinski definition) is 4. The van der Waals surface area contributed by atoms with E-state index in [1.807, 2.05) is 54.0 Å². The van der Waals surface area contributed by atoms with Crippen molar-refractivity contribution in [3.05, 3.63) is 82.1 Å². The monoisotopic (exact) mass is 419 g/mol. The zero-order valence-corrected chi connectivity index (χ0v) is 17.2. The average Bonchev–Trinajstić information content (AvgIpc) is 3.01. The Kier molecular flexibility index (Phi) is 6.83. The number of thioether (sulfide) groups is 1. The van der Waals surface area contributed by atoms with Crippen LogP contribution >= 0.6 is 35.0 Å². The molecule has 0 spiro atoms. The summed E-state index contributed by atoms with van der Waals surface area (Å²) in [6, 6.07) is 13.4. The molecule has 7 heteroatoms. The maximum atomic E-state index is 6.26. The molecule has 0 fully saturated rings. The molecule has 1 aromatic heterocycles. The lowest BCUT2D eigenvalue weighted by atomic mass is 10.2. The van der Waals surface area contributed by atoms with E-state index < -0.39 is 0 Å². The molecule has 140 valence electrons. The molecule has 4 nitrogen and oxygen atoms in total. The van der Waals surface area contributed by atoms with Gasteiger partial charge in [-0.2, -0.15) is 0 Å². The highest BCUT2D eigenvalue weighted by Gasteiger charge is 2.13. The van der Waals surface area contributed by atoms with Crippen LogP contribution in [0.5, 0.6) is 5.75 Å². The van der Waals surface area contributed by atoms with Crippen LogP contribution in [0.1, 0.15) is 17.0 Å². The number of rotatable bonds is 8. The predicted octanol–water partition coefficient (Wildman–Crippen LogP) is 5.95. The fraction of sp³-hybridized carbons (Fsp3) is 0.200. The minimum Gasteiger partial charge on any atom is -0.486 e. The van der Waals surface area contributed by atoms with E-state index in [1.165, 1.54) is 0 Å². The lowest BCUT2D eigenvalue weighted by Gasteiger charge is -2.10. The van der Waals surface area contributed by atoms with Crippen molar-refractivity contribution < 1.29 is 4.74 Å². The summed E-state index contributed by atoms with van der Waals surface area (Å²) in [7, 11) is 0. The quantitative estimate of drug-likeness (QED) is 0.334. The van der Waals surface area contributed by atoms with Crippen molar-refractivity contribution in [2.24, 2.45) is 0 Å². The van der Waals surface area contributed by atoms with Gasteiger partial charge in [0.2, 0.25) is 0 Å². The zero-order valence-electron chi connectivity index (χ0n) is 14.9. The Hall–Kier alpha value is -1.95. The molecule has 0 aliphatic rings. The number of aromatic nitrogens is 3. The lowest BCUT2D eigenvalue weighted by Crippen LogP contribution is -2.07. The smallest absolute Gasteiger partial charge is 0.191 e. The van der Waals surface area contributed by atoms with Crippen molar-refractivity contribution in [2.45, 2.75) is 31.0 Å². The maximum Gasteiger partial charge on any atom is 0.191 e. The van der Waals surface area contributed by atoms with E-state index in [0.29, 0.717) is 28.9 Å². The van der Waals surface area contributed by atoms with Gasteiger partial charge in [-0.1, -0.05) is 59.2 Å². The third kappa shape index (κ3) is 5.28. The summed E-state index contributed by atoms with van der Waals surface area (Å²) in [6.07, 6.45) is 1.82. The van der Waals surface area contributed by atoms with Gasteiger partial charge in [0.25, 0.3) is 0 Å². The fourth-order valence-electron chi connectivity index (χ4n) is 2.48. The van der Waals surface area contributed by atoms with Gasteiger partial charge in [-0.15, -0.1) is 16.8 Å². The molecule has 0 atom stereocenters. The highest BCUT2D eigenvalue weighted by molar-refractivity contribution is 7.98. The fourth-order valence-corrected chi connectivity index (χ4v) is 4.00. The molecule has 3 rings (SSSR count). The molecular weight excluding hydrogens is 401 g/mol. The molecule has 1 heterocycles. The van der Waals surface area contributed by atoms with Crippen LogP contribution in [0.4, 0.5) is 0 Å². The van der Waals surface area contributed by atoms with Gasteiger partial charge in [0.1, 0.15) is 12.4 Å². The molecule has 2 aromatic carbocycles. The predicted molar refractivity (Wildman–Crippen MR) is 112 cm³/mol. The van der Waals surface area contributed by atoms with Gasteiger partial charge in [0.05, 0.1) is 0 Å². The molecule has 3 aromatic rings. The van der Waals surface area contributed by atoms with E-state index in [4.69, 9.17) is 27.9 Å². The number of hydrogen-bond donors (Lipinski definition) is 0. The van der Waals surface area contributed by atoms with E-state index in [1.54, 1.807) is 17.8 Å². The molecule has 0 bridgehead atoms. The Bertz CT molecular complexity index is 943. The second-order valence-corrected chi connectivity index (χ2v) is 7.71. The van der Waals surface area contributed by atoms with Gasteiger partial charge in [-0.25, -0.2) is 0 Å². The Morgan fingerprint density at radius 1 is 1.19 bits per heavy atom. The normalized spacial score (nSPS) is 10.8. The maximum absolute atomic E-state index is 6.26. The first-order valence-corrected chi connectivity index (χ1v) is 10.1. The van der Waals surface area contributed by atoms with Crippen LogP contribution in [-0.4, -0.2) is 14.8 Å². The molecule has 0 N–H and O–H groups in total. The first-order valence-electron chi connectivity index (χ1n) is 8.36. The van der Waals surface area contributed by atoms with Crippen LogP contribution in [0, 0.1) is 6.92 Å². The number of aryl methyl sites for hydroxylation is 1. The first-order chi connectivity index (χ1) is 13.1. The number of benzene rings is 2. The standard InChI is InChI=1S/C20H19Cl2N3OS/c1-3-9-25-19(12-26-17-6-4-5-14(2)10-17)23-24-20(25)27-13-15-7-8-16(21)11-18(15)22/h3-8,10-11H,1,9,12-13H2,2H3. The topological polar surface area (TPSA) is 39.9 Å². The van der Waals surface area contributed by atoms with Crippen molar-refractivity contribution in [2.75, 3.05) is 0 Å². The summed E-state index contributed by atoms with van der Waals surface area (Å²) < 4.78 is 7.86. The molecule has 0 amide bonds. The van der Waals surface area contributed by atoms with E-state index >= 15 is 0 Å². The largest absolute Gasteiger partial charge is 0.486 e. The van der Waals surface area contributed by atoms with E-state index in [0.717, 1.165) is 27.9 Å². The van der Waals surface area contributed by atoms with Crippen molar-refractivity contribution in [1.82, 2.24) is 14.8 Å². The highest BCUT2D eigenvalue weighted by Crippen LogP contribution is 2.28.